The molecule has 0 amide bonds. The van der Waals surface area contributed by atoms with Crippen LogP contribution < -0.4 is 0 Å². The van der Waals surface area contributed by atoms with Crippen LogP contribution in [0.5, 0.6) is 0 Å². The van der Waals surface area contributed by atoms with Gasteiger partial charge in [-0.05, 0) is 108 Å². The fraction of sp³-hybridized carbons (Fsp3) is 0. The van der Waals surface area contributed by atoms with Gasteiger partial charge in [0.25, 0.3) is 0 Å². The van der Waals surface area contributed by atoms with Gasteiger partial charge in [-0.15, -0.1) is 0 Å². The van der Waals surface area contributed by atoms with Gasteiger partial charge in [0.15, 0.2) is 23.1 Å². The number of fused-ring (bicyclic) bond motifs is 7. The molecule has 71 heavy (non-hydrogen) atoms. The molecule has 14 rings (SSSR count). The van der Waals surface area contributed by atoms with Crippen LogP contribution in [-0.2, 0) is 0 Å². The molecule has 0 aliphatic heterocycles. The lowest BCUT2D eigenvalue weighted by molar-refractivity contribution is 0.620. The second kappa shape index (κ2) is 16.5. The molecular weight excluding hydrogens is 869 g/mol. The summed E-state index contributed by atoms with van der Waals surface area (Å²) in [4.78, 5) is 21.2. The first-order valence-corrected chi connectivity index (χ1v) is 23.8. The van der Waals surface area contributed by atoms with Crippen LogP contribution in [0.25, 0.3) is 134 Å². The van der Waals surface area contributed by atoms with Crippen LogP contribution in [-0.4, -0.2) is 29.1 Å². The molecule has 7 heteroatoms. The van der Waals surface area contributed by atoms with Crippen molar-refractivity contribution in [3.8, 4) is 79.2 Å². The maximum atomic E-state index is 6.27. The van der Waals surface area contributed by atoms with E-state index in [4.69, 9.17) is 24.4 Å². The van der Waals surface area contributed by atoms with Gasteiger partial charge in [0, 0.05) is 60.7 Å². The first kappa shape index (κ1) is 40.4. The fourth-order valence-electron chi connectivity index (χ4n) is 10.4. The Balaban J connectivity index is 0.944. The Labute approximate surface area is 408 Å². The van der Waals surface area contributed by atoms with Gasteiger partial charge in [-0.25, -0.2) is 19.9 Å². The third-order valence-corrected chi connectivity index (χ3v) is 13.6. The highest BCUT2D eigenvalue weighted by atomic mass is 16.3. The van der Waals surface area contributed by atoms with Gasteiger partial charge >= 0.3 is 0 Å². The Kier molecular flexibility index (Phi) is 9.38. The van der Waals surface area contributed by atoms with Crippen molar-refractivity contribution < 1.29 is 4.42 Å². The van der Waals surface area contributed by atoms with Gasteiger partial charge in [0.2, 0.25) is 5.89 Å². The number of nitrogens with zero attached hydrogens (tertiary/aromatic N) is 6. The molecule has 0 saturated heterocycles. The van der Waals surface area contributed by atoms with E-state index in [1.807, 2.05) is 42.5 Å². The Morgan fingerprint density at radius 3 is 1.52 bits per heavy atom. The zero-order valence-electron chi connectivity index (χ0n) is 38.2. The van der Waals surface area contributed by atoms with Gasteiger partial charge in [-0.2, -0.15) is 0 Å². The number of benzene rings is 10. The van der Waals surface area contributed by atoms with E-state index >= 15 is 0 Å². The number of aromatic nitrogens is 6. The van der Waals surface area contributed by atoms with E-state index in [-0.39, 0.29) is 0 Å². The molecule has 0 radical (unpaired) electrons. The van der Waals surface area contributed by atoms with Gasteiger partial charge in [-0.1, -0.05) is 152 Å². The fourth-order valence-corrected chi connectivity index (χ4v) is 10.4. The third-order valence-electron chi connectivity index (χ3n) is 13.6. The molecule has 4 aromatic heterocycles. The van der Waals surface area contributed by atoms with Crippen LogP contribution in [0.3, 0.4) is 0 Å². The van der Waals surface area contributed by atoms with Crippen LogP contribution in [0.4, 0.5) is 0 Å². The number of oxazole rings is 1. The molecule has 4 heterocycles. The van der Waals surface area contributed by atoms with Gasteiger partial charge in [0.1, 0.15) is 5.52 Å². The largest absolute Gasteiger partial charge is 0.436 e. The Morgan fingerprint density at radius 1 is 0.296 bits per heavy atom. The van der Waals surface area contributed by atoms with Crippen LogP contribution >= 0.6 is 0 Å². The van der Waals surface area contributed by atoms with E-state index in [0.29, 0.717) is 23.4 Å². The average molecular weight is 909 g/mol. The predicted molar refractivity (Wildman–Crippen MR) is 289 cm³/mol. The molecule has 10 aromatic carbocycles. The molecule has 0 atom stereocenters. The SMILES string of the molecule is c1ccc(-c2nc3c(-c4cccc(-c5cccc(-c6nc(-c7ccc8c(c7)c7ccccc7n8-c7ccccc7)nc(-c7cccc8c7c7ccccc7n8-c7ccccc7)n6)c5)c4)cccc3o2)cc1. The molecule has 0 unspecified atom stereocenters. The number of hydrogen-bond donors (Lipinski definition) is 0. The van der Waals surface area contributed by atoms with E-state index in [0.717, 1.165) is 111 Å². The minimum Gasteiger partial charge on any atom is -0.436 e. The summed E-state index contributed by atoms with van der Waals surface area (Å²) in [5, 5.41) is 4.49. The molecule has 0 spiro atoms. The van der Waals surface area contributed by atoms with Gasteiger partial charge < -0.3 is 13.6 Å². The molecule has 7 nitrogen and oxygen atoms in total. The summed E-state index contributed by atoms with van der Waals surface area (Å²) in [7, 11) is 0. The lowest BCUT2D eigenvalue weighted by Gasteiger charge is -2.12. The van der Waals surface area contributed by atoms with Crippen molar-refractivity contribution in [1.82, 2.24) is 29.1 Å². The van der Waals surface area contributed by atoms with E-state index in [1.165, 1.54) is 0 Å². The van der Waals surface area contributed by atoms with Crippen molar-refractivity contribution >= 4 is 54.7 Å². The Hall–Kier alpha value is -9.72. The van der Waals surface area contributed by atoms with E-state index < -0.39 is 0 Å². The first-order chi connectivity index (χ1) is 35.2. The van der Waals surface area contributed by atoms with E-state index in [1.54, 1.807) is 0 Å². The van der Waals surface area contributed by atoms with E-state index in [2.05, 4.69) is 209 Å². The average Bonchev–Trinajstić information content (AvgIpc) is 4.14. The summed E-state index contributed by atoms with van der Waals surface area (Å²) in [6.45, 7) is 0. The van der Waals surface area contributed by atoms with Gasteiger partial charge in [-0.3, -0.25) is 0 Å². The molecule has 0 aliphatic rings. The number of para-hydroxylation sites is 5. The highest BCUT2D eigenvalue weighted by Crippen LogP contribution is 2.41. The second-order valence-corrected chi connectivity index (χ2v) is 17.8. The zero-order chi connectivity index (χ0) is 46.8. The van der Waals surface area contributed by atoms with Crippen molar-refractivity contribution in [2.75, 3.05) is 0 Å². The molecule has 0 fully saturated rings. The minimum atomic E-state index is 0.583. The van der Waals surface area contributed by atoms with E-state index in [9.17, 15) is 0 Å². The van der Waals surface area contributed by atoms with Crippen molar-refractivity contribution in [1.29, 1.82) is 0 Å². The van der Waals surface area contributed by atoms with Crippen LogP contribution in [0.1, 0.15) is 0 Å². The van der Waals surface area contributed by atoms with Crippen molar-refractivity contribution in [2.24, 2.45) is 0 Å². The van der Waals surface area contributed by atoms with Crippen molar-refractivity contribution in [3.63, 3.8) is 0 Å². The first-order valence-electron chi connectivity index (χ1n) is 23.8. The summed E-state index contributed by atoms with van der Waals surface area (Å²) in [6, 6.07) is 84.5. The topological polar surface area (TPSA) is 74.6 Å². The lowest BCUT2D eigenvalue weighted by Crippen LogP contribution is -2.01. The Bertz CT molecular complexity index is 4340. The highest BCUT2D eigenvalue weighted by molar-refractivity contribution is 6.15. The number of hydrogen-bond acceptors (Lipinski definition) is 5. The summed E-state index contributed by atoms with van der Waals surface area (Å²) in [5.41, 5.74) is 16.0. The molecular formula is C64H40N6O. The zero-order valence-corrected chi connectivity index (χ0v) is 38.2. The molecule has 0 N–H and O–H groups in total. The van der Waals surface area contributed by atoms with Crippen LogP contribution in [0.15, 0.2) is 247 Å². The molecule has 332 valence electrons. The summed E-state index contributed by atoms with van der Waals surface area (Å²) < 4.78 is 10.9. The summed E-state index contributed by atoms with van der Waals surface area (Å²) >= 11 is 0. The molecule has 0 aliphatic carbocycles. The maximum absolute atomic E-state index is 6.27. The summed E-state index contributed by atoms with van der Waals surface area (Å²) in [6.07, 6.45) is 0. The minimum absolute atomic E-state index is 0.583. The molecule has 0 bridgehead atoms. The molecule has 0 saturated carbocycles. The highest BCUT2D eigenvalue weighted by Gasteiger charge is 2.21. The lowest BCUT2D eigenvalue weighted by atomic mass is 9.97. The normalized spacial score (nSPS) is 11.7. The van der Waals surface area contributed by atoms with Crippen molar-refractivity contribution in [3.05, 3.63) is 243 Å². The van der Waals surface area contributed by atoms with Crippen LogP contribution in [0.2, 0.25) is 0 Å². The Morgan fingerprint density at radius 2 is 0.789 bits per heavy atom. The third kappa shape index (κ3) is 6.82. The predicted octanol–water partition coefficient (Wildman–Crippen LogP) is 16.2. The second-order valence-electron chi connectivity index (χ2n) is 17.8. The maximum Gasteiger partial charge on any atom is 0.227 e. The smallest absolute Gasteiger partial charge is 0.227 e. The monoisotopic (exact) mass is 908 g/mol. The quantitative estimate of drug-likeness (QED) is 0.152. The summed E-state index contributed by atoms with van der Waals surface area (Å²) in [5.74, 6) is 2.38. The van der Waals surface area contributed by atoms with Crippen molar-refractivity contribution in [2.45, 2.75) is 0 Å². The van der Waals surface area contributed by atoms with Gasteiger partial charge in [0.05, 0.1) is 22.1 Å². The van der Waals surface area contributed by atoms with Crippen LogP contribution in [0, 0.1) is 0 Å². The molecule has 14 aromatic rings. The number of rotatable bonds is 8. The standard InChI is InChI=1S/C64H40N6O/c1-4-18-41(19-5-1)64-65-60-49(30-17-35-58(60)71-64)44-22-14-20-42(38-44)43-21-15-23-45(39-43)61-66-62(46-36-37-56-53(40-46)50-28-10-12-32-54(50)69(56)47-24-6-2-7-25-47)68-63(67-61)52-31-16-34-57-59(52)51-29-11-13-33-55(51)70(57)48-26-8-3-9-27-48/h1-40H.